The molecule has 0 radical (unpaired) electrons. The zero-order valence-electron chi connectivity index (χ0n) is 12.5. The van der Waals surface area contributed by atoms with Gasteiger partial charge in [0.1, 0.15) is 0 Å². The summed E-state index contributed by atoms with van der Waals surface area (Å²) in [6, 6.07) is 7.30. The first-order valence-electron chi connectivity index (χ1n) is 7.33. The van der Waals surface area contributed by atoms with E-state index >= 15 is 0 Å². The Morgan fingerprint density at radius 2 is 2.24 bits per heavy atom. The molecule has 1 aliphatic carbocycles. The topological polar surface area (TPSA) is 70.9 Å². The number of rotatable bonds is 6. The van der Waals surface area contributed by atoms with Crippen LogP contribution in [0.15, 0.2) is 29.4 Å². The molecule has 114 valence electrons. The van der Waals surface area contributed by atoms with Crippen LogP contribution in [0.2, 0.25) is 0 Å². The lowest BCUT2D eigenvalue weighted by atomic mass is 9.80. The van der Waals surface area contributed by atoms with Crippen molar-refractivity contribution >= 4 is 17.3 Å². The van der Waals surface area contributed by atoms with Crippen LogP contribution in [0.4, 0.5) is 5.69 Å². The number of hydrogen-bond donors (Lipinski definition) is 2. The van der Waals surface area contributed by atoms with Gasteiger partial charge in [0.15, 0.2) is 0 Å². The molecule has 0 bridgehead atoms. The molecule has 2 N–H and O–H groups in total. The number of hydrogen-bond acceptors (Lipinski definition) is 4. The number of carbonyl (C=O) groups is 1. The smallest absolute Gasteiger partial charge is 0.224 e. The third-order valence-electron chi connectivity index (χ3n) is 3.78. The largest absolute Gasteiger partial charge is 0.411 e. The first-order valence-corrected chi connectivity index (χ1v) is 7.33. The molecule has 0 aliphatic heterocycles. The van der Waals surface area contributed by atoms with Crippen LogP contribution in [0.3, 0.4) is 0 Å². The molecule has 0 heterocycles. The maximum atomic E-state index is 12.0. The highest BCUT2D eigenvalue weighted by Gasteiger charge is 2.30. The van der Waals surface area contributed by atoms with Crippen molar-refractivity contribution in [2.24, 2.45) is 11.1 Å². The summed E-state index contributed by atoms with van der Waals surface area (Å²) in [7, 11) is 0. The third kappa shape index (κ3) is 4.29. The maximum Gasteiger partial charge on any atom is 0.224 e. The van der Waals surface area contributed by atoms with Crippen LogP contribution < -0.4 is 5.32 Å². The number of oxime groups is 1. The number of amides is 1. The Balaban J connectivity index is 1.83. The van der Waals surface area contributed by atoms with Gasteiger partial charge in [-0.2, -0.15) is 0 Å². The van der Waals surface area contributed by atoms with Crippen LogP contribution in [0.5, 0.6) is 0 Å². The second-order valence-corrected chi connectivity index (χ2v) is 5.43. The predicted octanol–water partition coefficient (Wildman–Crippen LogP) is 3.03. The number of nitrogens with zero attached hydrogens (tertiary/aromatic N) is 1. The van der Waals surface area contributed by atoms with Gasteiger partial charge in [0, 0.05) is 24.3 Å². The Morgan fingerprint density at radius 3 is 2.90 bits per heavy atom. The van der Waals surface area contributed by atoms with Gasteiger partial charge in [0.2, 0.25) is 5.91 Å². The van der Waals surface area contributed by atoms with Crippen molar-refractivity contribution in [3.05, 3.63) is 29.8 Å². The van der Waals surface area contributed by atoms with E-state index in [1.165, 1.54) is 0 Å². The average molecular weight is 290 g/mol. The minimum Gasteiger partial charge on any atom is -0.411 e. The van der Waals surface area contributed by atoms with Crippen LogP contribution in [0, 0.1) is 5.92 Å². The third-order valence-corrected chi connectivity index (χ3v) is 3.78. The summed E-state index contributed by atoms with van der Waals surface area (Å²) in [5, 5.41) is 14.8. The number of benzene rings is 1. The Kier molecular flexibility index (Phi) is 5.33. The molecule has 0 atom stereocenters. The van der Waals surface area contributed by atoms with Gasteiger partial charge >= 0.3 is 0 Å². The van der Waals surface area contributed by atoms with Gasteiger partial charge in [-0.1, -0.05) is 17.3 Å². The van der Waals surface area contributed by atoms with Crippen LogP contribution in [0.1, 0.15) is 38.7 Å². The highest BCUT2D eigenvalue weighted by atomic mass is 16.5. The van der Waals surface area contributed by atoms with Crippen LogP contribution in [0.25, 0.3) is 0 Å². The Bertz CT molecular complexity index is 522. The second kappa shape index (κ2) is 7.22. The zero-order valence-corrected chi connectivity index (χ0v) is 12.5. The van der Waals surface area contributed by atoms with Crippen molar-refractivity contribution in [2.75, 3.05) is 11.9 Å². The van der Waals surface area contributed by atoms with E-state index in [0.29, 0.717) is 24.2 Å². The normalized spacial score (nSPS) is 21.7. The molecule has 1 amide bonds. The minimum absolute atomic E-state index is 0.0192. The van der Waals surface area contributed by atoms with E-state index in [2.05, 4.69) is 10.5 Å². The highest BCUT2D eigenvalue weighted by molar-refractivity contribution is 6.00. The van der Waals surface area contributed by atoms with Gasteiger partial charge in [-0.3, -0.25) is 4.79 Å². The van der Waals surface area contributed by atoms with Crippen LogP contribution in [-0.2, 0) is 9.53 Å². The predicted molar refractivity (Wildman–Crippen MR) is 81.8 cm³/mol. The van der Waals surface area contributed by atoms with Crippen molar-refractivity contribution in [3.63, 3.8) is 0 Å². The van der Waals surface area contributed by atoms with Crippen LogP contribution in [-0.4, -0.2) is 29.5 Å². The van der Waals surface area contributed by atoms with Crippen molar-refractivity contribution < 1.29 is 14.7 Å². The molecule has 1 saturated carbocycles. The van der Waals surface area contributed by atoms with E-state index < -0.39 is 0 Å². The molecule has 21 heavy (non-hydrogen) atoms. The molecule has 5 heteroatoms. The number of ether oxygens (including phenoxy) is 1. The van der Waals surface area contributed by atoms with E-state index in [1.54, 1.807) is 13.0 Å². The number of nitrogens with one attached hydrogen (secondary N) is 1. The molecule has 5 nitrogen and oxygen atoms in total. The van der Waals surface area contributed by atoms with Crippen LogP contribution >= 0.6 is 0 Å². The maximum absolute atomic E-state index is 12.0. The minimum atomic E-state index is 0.0192. The summed E-state index contributed by atoms with van der Waals surface area (Å²) in [4.78, 5) is 12.0. The van der Waals surface area contributed by atoms with Gasteiger partial charge in [-0.25, -0.2) is 0 Å². The summed E-state index contributed by atoms with van der Waals surface area (Å²) in [6.45, 7) is 4.44. The van der Waals surface area contributed by atoms with E-state index in [-0.39, 0.29) is 5.91 Å². The molecule has 0 spiro atoms. The molecule has 0 saturated heterocycles. The Hall–Kier alpha value is -1.88. The van der Waals surface area contributed by atoms with Gasteiger partial charge < -0.3 is 15.3 Å². The molecule has 0 unspecified atom stereocenters. The summed E-state index contributed by atoms with van der Waals surface area (Å²) in [5.74, 6) is 0.441. The lowest BCUT2D eigenvalue weighted by Gasteiger charge is -2.34. The van der Waals surface area contributed by atoms with E-state index in [9.17, 15) is 4.79 Å². The van der Waals surface area contributed by atoms with Gasteiger partial charge in [0.25, 0.3) is 0 Å². The summed E-state index contributed by atoms with van der Waals surface area (Å²) >= 11 is 0. The van der Waals surface area contributed by atoms with Gasteiger partial charge in [0.05, 0.1) is 11.8 Å². The quantitative estimate of drug-likeness (QED) is 0.480. The van der Waals surface area contributed by atoms with Crippen molar-refractivity contribution in [3.8, 4) is 0 Å². The molecule has 1 aromatic carbocycles. The molecule has 2 rings (SSSR count). The number of carbonyl (C=O) groups excluding carboxylic acids is 1. The first kappa shape index (κ1) is 15.5. The second-order valence-electron chi connectivity index (χ2n) is 5.43. The SMILES string of the molecule is CCOC1CC(CC(=O)Nc2cccc(/C(C)=N/O)c2)C1. The van der Waals surface area contributed by atoms with E-state index in [0.717, 1.165) is 30.7 Å². The van der Waals surface area contributed by atoms with Gasteiger partial charge in [-0.15, -0.1) is 0 Å². The van der Waals surface area contributed by atoms with Crippen molar-refractivity contribution in [1.29, 1.82) is 0 Å². The average Bonchev–Trinajstić information content (AvgIpc) is 2.44. The van der Waals surface area contributed by atoms with Gasteiger partial charge in [-0.05, 0) is 44.7 Å². The van der Waals surface area contributed by atoms with Crippen molar-refractivity contribution in [2.45, 2.75) is 39.2 Å². The monoisotopic (exact) mass is 290 g/mol. The molecule has 1 aromatic rings. The highest BCUT2D eigenvalue weighted by Crippen LogP contribution is 2.32. The Morgan fingerprint density at radius 1 is 1.48 bits per heavy atom. The van der Waals surface area contributed by atoms with E-state index in [1.807, 2.05) is 25.1 Å². The fourth-order valence-corrected chi connectivity index (χ4v) is 2.57. The molecular formula is C16H22N2O3. The lowest BCUT2D eigenvalue weighted by molar-refractivity contribution is -0.119. The fraction of sp³-hybridized carbons (Fsp3) is 0.500. The van der Waals surface area contributed by atoms with Crippen molar-refractivity contribution in [1.82, 2.24) is 0 Å². The molecular weight excluding hydrogens is 268 g/mol. The zero-order chi connectivity index (χ0) is 15.2. The Labute approximate surface area is 125 Å². The standard InChI is InChI=1S/C16H22N2O3/c1-3-21-15-7-12(8-15)9-16(19)17-14-6-4-5-13(10-14)11(2)18-20/h4-6,10,12,15,20H,3,7-9H2,1-2H3,(H,17,19)/b18-11+. The fourth-order valence-electron chi connectivity index (χ4n) is 2.57. The lowest BCUT2D eigenvalue weighted by Crippen LogP contribution is -2.33. The summed E-state index contributed by atoms with van der Waals surface area (Å²) < 4.78 is 5.49. The molecule has 1 fully saturated rings. The van der Waals surface area contributed by atoms with E-state index in [4.69, 9.17) is 9.94 Å². The summed E-state index contributed by atoms with van der Waals surface area (Å²) in [5.41, 5.74) is 2.03. The first-order chi connectivity index (χ1) is 10.1. The molecule has 1 aliphatic rings. The molecule has 0 aromatic heterocycles. The summed E-state index contributed by atoms with van der Waals surface area (Å²) in [6.07, 6.45) is 2.80. The number of anilines is 1.